The molecule has 3 nitrogen and oxygen atoms in total. The molecule has 1 aliphatic heterocycles. The molecule has 1 fully saturated rings. The van der Waals surface area contributed by atoms with Gasteiger partial charge >= 0.3 is 0 Å². The van der Waals surface area contributed by atoms with E-state index in [1.54, 1.807) is 11.6 Å². The molecule has 0 aromatic heterocycles. The fourth-order valence-electron chi connectivity index (χ4n) is 1.21. The van der Waals surface area contributed by atoms with Crippen LogP contribution in [0.5, 0.6) is 0 Å². The van der Waals surface area contributed by atoms with E-state index in [0.29, 0.717) is 12.2 Å². The minimum Gasteiger partial charge on any atom is -0.229 e. The average molecular weight is 174 g/mol. The van der Waals surface area contributed by atoms with E-state index < -0.39 is 9.84 Å². The van der Waals surface area contributed by atoms with Crippen molar-refractivity contribution in [2.45, 2.75) is 12.5 Å². The van der Waals surface area contributed by atoms with Gasteiger partial charge < -0.3 is 0 Å². The topological polar surface area (TPSA) is 37.1 Å². The monoisotopic (exact) mass is 174 g/mol. The zero-order valence-electron chi connectivity index (χ0n) is 6.58. The van der Waals surface area contributed by atoms with E-state index >= 15 is 0 Å². The van der Waals surface area contributed by atoms with Crippen LogP contribution >= 0.6 is 0 Å². The number of sulfone groups is 1. The molecule has 0 saturated carbocycles. The van der Waals surface area contributed by atoms with E-state index in [0.717, 1.165) is 0 Å². The van der Waals surface area contributed by atoms with Crippen molar-refractivity contribution in [1.82, 2.24) is 0 Å². The first kappa shape index (κ1) is 8.50. The third-order valence-electron chi connectivity index (χ3n) is 2.01. The maximum atomic E-state index is 11.0. The molecule has 4 heteroatoms. The quantitative estimate of drug-likeness (QED) is 0.403. The Bertz CT molecular complexity index is 298. The van der Waals surface area contributed by atoms with Gasteiger partial charge in [-0.05, 0) is 0 Å². The minimum absolute atomic E-state index is 0.0949. The summed E-state index contributed by atoms with van der Waals surface area (Å²) >= 11 is 0. The predicted molar refractivity (Wildman–Crippen MR) is 43.9 cm³/mol. The van der Waals surface area contributed by atoms with Crippen LogP contribution in [0.25, 0.3) is 0 Å². The molecule has 0 radical (unpaired) electrons. The lowest BCUT2D eigenvalue weighted by Gasteiger charge is -1.97. The smallest absolute Gasteiger partial charge is 0.176 e. The largest absolute Gasteiger partial charge is 0.229 e. The first-order valence-electron chi connectivity index (χ1n) is 3.51. The molecule has 1 rings (SSSR count). The third kappa shape index (κ3) is 1.91. The molecular formula is C7H12NO2S+. The standard InChI is InChI=1S/C7H12NO2S/c1-3-8(2)7-4-5-11(9,10)6-7/h7H,1,4-6H2,2H3/q+1. The van der Waals surface area contributed by atoms with Crippen molar-refractivity contribution in [3.05, 3.63) is 6.58 Å². The second-order valence-corrected chi connectivity index (χ2v) is 5.05. The molecule has 0 aromatic rings. The Balaban J connectivity index is 2.78. The molecule has 0 N–H and O–H groups in total. The van der Waals surface area contributed by atoms with Gasteiger partial charge in [0.25, 0.3) is 0 Å². The zero-order valence-corrected chi connectivity index (χ0v) is 7.39. The van der Waals surface area contributed by atoms with Crippen LogP contribution in [0.3, 0.4) is 0 Å². The molecule has 1 saturated heterocycles. The summed E-state index contributed by atoms with van der Waals surface area (Å²) in [4.78, 5) is 0. The number of nitrogens with zero attached hydrogens (tertiary/aromatic N) is 1. The molecule has 0 amide bonds. The SMILES string of the molecule is C=C=[N+](C)C1CCS(=O)(=O)C1. The number of hydrogen-bond donors (Lipinski definition) is 0. The van der Waals surface area contributed by atoms with Crippen LogP contribution in [0.2, 0.25) is 0 Å². The van der Waals surface area contributed by atoms with Gasteiger partial charge in [0.15, 0.2) is 21.7 Å². The maximum Gasteiger partial charge on any atom is 0.176 e. The lowest BCUT2D eigenvalue weighted by atomic mass is 10.3. The summed E-state index contributed by atoms with van der Waals surface area (Å²) < 4.78 is 23.7. The van der Waals surface area contributed by atoms with Crippen LogP contribution in [-0.4, -0.2) is 43.5 Å². The first-order valence-corrected chi connectivity index (χ1v) is 5.33. The van der Waals surface area contributed by atoms with E-state index in [-0.39, 0.29) is 11.8 Å². The Labute approximate surface area is 67.0 Å². The van der Waals surface area contributed by atoms with Gasteiger partial charge in [0.1, 0.15) is 12.8 Å². The summed E-state index contributed by atoms with van der Waals surface area (Å²) in [5, 5.41) is 0. The van der Waals surface area contributed by atoms with Gasteiger partial charge in [-0.25, -0.2) is 8.42 Å². The predicted octanol–water partition coefficient (Wildman–Crippen LogP) is -0.329. The molecule has 11 heavy (non-hydrogen) atoms. The fraction of sp³-hybridized carbons (Fsp3) is 0.714. The van der Waals surface area contributed by atoms with Gasteiger partial charge in [0.05, 0.1) is 5.75 Å². The van der Waals surface area contributed by atoms with Crippen LogP contribution in [0, 0.1) is 0 Å². The van der Waals surface area contributed by atoms with Crippen molar-refractivity contribution in [2.24, 2.45) is 0 Å². The van der Waals surface area contributed by atoms with Gasteiger partial charge in [0, 0.05) is 13.0 Å². The molecule has 0 spiro atoms. The highest BCUT2D eigenvalue weighted by Gasteiger charge is 2.33. The van der Waals surface area contributed by atoms with E-state index in [4.69, 9.17) is 0 Å². The summed E-state index contributed by atoms with van der Waals surface area (Å²) in [7, 11) is -0.956. The van der Waals surface area contributed by atoms with Crippen molar-refractivity contribution in [3.8, 4) is 0 Å². The van der Waals surface area contributed by atoms with Crippen molar-refractivity contribution in [2.75, 3.05) is 18.6 Å². The summed E-state index contributed by atoms with van der Waals surface area (Å²) in [6, 6.07) is 0.0949. The van der Waals surface area contributed by atoms with Gasteiger partial charge in [0.2, 0.25) is 0 Å². The molecule has 0 aliphatic carbocycles. The fourth-order valence-corrected chi connectivity index (χ4v) is 2.98. The minimum atomic E-state index is -2.76. The van der Waals surface area contributed by atoms with Gasteiger partial charge in [-0.15, -0.1) is 0 Å². The van der Waals surface area contributed by atoms with E-state index in [1.165, 1.54) is 0 Å². The molecule has 1 heterocycles. The Morgan fingerprint density at radius 1 is 1.64 bits per heavy atom. The highest BCUT2D eigenvalue weighted by atomic mass is 32.2. The summed E-state index contributed by atoms with van der Waals surface area (Å²) in [5.74, 6) is 3.23. The van der Waals surface area contributed by atoms with Gasteiger partial charge in [-0.1, -0.05) is 0 Å². The Morgan fingerprint density at radius 2 is 2.27 bits per heavy atom. The van der Waals surface area contributed by atoms with Crippen LogP contribution in [0.1, 0.15) is 6.42 Å². The van der Waals surface area contributed by atoms with Crippen molar-refractivity contribution >= 4 is 15.7 Å². The first-order chi connectivity index (χ1) is 5.05. The number of hydrogen-bond acceptors (Lipinski definition) is 2. The van der Waals surface area contributed by atoms with Gasteiger partial charge in [-0.2, -0.15) is 4.58 Å². The maximum absolute atomic E-state index is 11.0. The van der Waals surface area contributed by atoms with Gasteiger partial charge in [-0.3, -0.25) is 0 Å². The van der Waals surface area contributed by atoms with Crippen LogP contribution in [0.4, 0.5) is 0 Å². The number of rotatable bonds is 1. The summed E-state index contributed by atoms with van der Waals surface area (Å²) in [6.07, 6.45) is 0.710. The molecule has 0 aromatic carbocycles. The van der Waals surface area contributed by atoms with Crippen LogP contribution < -0.4 is 0 Å². The zero-order chi connectivity index (χ0) is 8.48. The van der Waals surface area contributed by atoms with Crippen LogP contribution in [-0.2, 0) is 9.84 Å². The molecule has 62 valence electrons. The van der Waals surface area contributed by atoms with Crippen LogP contribution in [0.15, 0.2) is 6.58 Å². The normalized spacial score (nSPS) is 27.9. The summed E-state index contributed by atoms with van der Waals surface area (Å²) in [6.45, 7) is 3.46. The molecular weight excluding hydrogens is 162 g/mol. The lowest BCUT2D eigenvalue weighted by Crippen LogP contribution is -2.23. The highest BCUT2D eigenvalue weighted by Crippen LogP contribution is 2.12. The molecule has 0 bridgehead atoms. The van der Waals surface area contributed by atoms with Crippen molar-refractivity contribution in [3.63, 3.8) is 0 Å². The average Bonchev–Trinajstić information content (AvgIpc) is 2.29. The van der Waals surface area contributed by atoms with Crippen molar-refractivity contribution in [1.29, 1.82) is 0 Å². The van der Waals surface area contributed by atoms with E-state index in [9.17, 15) is 8.42 Å². The Morgan fingerprint density at radius 3 is 2.64 bits per heavy atom. The third-order valence-corrected chi connectivity index (χ3v) is 3.76. The summed E-state index contributed by atoms with van der Waals surface area (Å²) in [5.41, 5.74) is 0. The molecule has 1 unspecified atom stereocenters. The second-order valence-electron chi connectivity index (χ2n) is 2.83. The Kier molecular flexibility index (Phi) is 2.16. The van der Waals surface area contributed by atoms with E-state index in [1.807, 2.05) is 0 Å². The lowest BCUT2D eigenvalue weighted by molar-refractivity contribution is -0.524. The van der Waals surface area contributed by atoms with Crippen molar-refractivity contribution < 1.29 is 13.0 Å². The molecule has 1 aliphatic rings. The second kappa shape index (κ2) is 2.80. The highest BCUT2D eigenvalue weighted by molar-refractivity contribution is 7.91. The molecule has 1 atom stereocenters. The van der Waals surface area contributed by atoms with E-state index in [2.05, 4.69) is 12.4 Å². The Hall–Kier alpha value is -0.600.